The Bertz CT molecular complexity index is 1100. The van der Waals surface area contributed by atoms with Crippen LogP contribution in [-0.4, -0.2) is 72.0 Å². The SMILES string of the molecule is COc1cccc(OC)c1C(=O)N1CC[C@H](c2nc(N(C)C)ncc2-c2cnn(C)c2)C1. The molecule has 0 N–H and O–H groups in total. The number of hydrogen-bond acceptors (Lipinski definition) is 7. The molecule has 0 bridgehead atoms. The van der Waals surface area contributed by atoms with Gasteiger partial charge >= 0.3 is 0 Å². The molecule has 1 amide bonds. The van der Waals surface area contributed by atoms with Crippen molar-refractivity contribution in [2.45, 2.75) is 12.3 Å². The maximum absolute atomic E-state index is 13.4. The second-order valence-corrected chi connectivity index (χ2v) is 8.04. The predicted octanol–water partition coefficient (Wildman–Crippen LogP) is 2.59. The Morgan fingerprint density at radius 3 is 2.47 bits per heavy atom. The zero-order chi connectivity index (χ0) is 22.8. The molecule has 1 aliphatic heterocycles. The number of aryl methyl sites for hydroxylation is 1. The quantitative estimate of drug-likeness (QED) is 0.587. The number of nitrogens with zero attached hydrogens (tertiary/aromatic N) is 6. The van der Waals surface area contributed by atoms with Crippen molar-refractivity contribution >= 4 is 11.9 Å². The lowest BCUT2D eigenvalue weighted by Crippen LogP contribution is -2.29. The first kappa shape index (κ1) is 21.6. The summed E-state index contributed by atoms with van der Waals surface area (Å²) in [6.45, 7) is 1.18. The summed E-state index contributed by atoms with van der Waals surface area (Å²) in [5.41, 5.74) is 3.28. The van der Waals surface area contributed by atoms with Gasteiger partial charge in [-0.3, -0.25) is 9.48 Å². The Labute approximate surface area is 187 Å². The van der Waals surface area contributed by atoms with E-state index in [1.807, 2.05) is 55.6 Å². The number of methoxy groups -OCH3 is 2. The monoisotopic (exact) mass is 436 g/mol. The molecule has 2 aromatic heterocycles. The molecule has 4 rings (SSSR count). The summed E-state index contributed by atoms with van der Waals surface area (Å²) < 4.78 is 12.6. The third-order valence-corrected chi connectivity index (χ3v) is 5.73. The summed E-state index contributed by atoms with van der Waals surface area (Å²) >= 11 is 0. The van der Waals surface area contributed by atoms with E-state index in [0.717, 1.165) is 23.2 Å². The smallest absolute Gasteiger partial charge is 0.261 e. The average Bonchev–Trinajstić information content (AvgIpc) is 3.47. The van der Waals surface area contributed by atoms with Crippen molar-refractivity contribution in [2.75, 3.05) is 46.3 Å². The van der Waals surface area contributed by atoms with E-state index in [9.17, 15) is 4.79 Å². The van der Waals surface area contributed by atoms with E-state index in [0.29, 0.717) is 36.1 Å². The van der Waals surface area contributed by atoms with Crippen LogP contribution in [0.4, 0.5) is 5.95 Å². The van der Waals surface area contributed by atoms with E-state index in [-0.39, 0.29) is 11.8 Å². The van der Waals surface area contributed by atoms with Gasteiger partial charge in [0.2, 0.25) is 5.95 Å². The molecule has 1 aliphatic rings. The van der Waals surface area contributed by atoms with Crippen LogP contribution in [-0.2, 0) is 7.05 Å². The topological polar surface area (TPSA) is 85.6 Å². The number of amides is 1. The van der Waals surface area contributed by atoms with Gasteiger partial charge in [0, 0.05) is 63.7 Å². The molecule has 0 aliphatic carbocycles. The highest BCUT2D eigenvalue weighted by Crippen LogP contribution is 2.36. The summed E-state index contributed by atoms with van der Waals surface area (Å²) in [4.78, 5) is 26.5. The Balaban J connectivity index is 1.66. The predicted molar refractivity (Wildman–Crippen MR) is 121 cm³/mol. The lowest BCUT2D eigenvalue weighted by atomic mass is 9.97. The van der Waals surface area contributed by atoms with Gasteiger partial charge in [0.05, 0.1) is 26.1 Å². The summed E-state index contributed by atoms with van der Waals surface area (Å²) in [5.74, 6) is 1.63. The molecule has 0 unspecified atom stereocenters. The lowest BCUT2D eigenvalue weighted by Gasteiger charge is -2.21. The summed E-state index contributed by atoms with van der Waals surface area (Å²) in [6, 6.07) is 5.36. The highest BCUT2D eigenvalue weighted by atomic mass is 16.5. The molecule has 0 saturated carbocycles. The Morgan fingerprint density at radius 1 is 1.16 bits per heavy atom. The molecule has 1 fully saturated rings. The zero-order valence-electron chi connectivity index (χ0n) is 19.1. The van der Waals surface area contributed by atoms with Crippen molar-refractivity contribution in [1.29, 1.82) is 0 Å². The van der Waals surface area contributed by atoms with Gasteiger partial charge in [-0.1, -0.05) is 6.07 Å². The van der Waals surface area contributed by atoms with Crippen LogP contribution in [0.25, 0.3) is 11.1 Å². The molecular weight excluding hydrogens is 408 g/mol. The Kier molecular flexibility index (Phi) is 5.98. The van der Waals surface area contributed by atoms with E-state index in [1.165, 1.54) is 0 Å². The molecule has 0 spiro atoms. The van der Waals surface area contributed by atoms with Crippen LogP contribution in [0.3, 0.4) is 0 Å². The number of ether oxygens (including phenoxy) is 2. The zero-order valence-corrected chi connectivity index (χ0v) is 19.1. The van der Waals surface area contributed by atoms with Crippen LogP contribution in [0.1, 0.15) is 28.4 Å². The average molecular weight is 437 g/mol. The third kappa shape index (κ3) is 3.98. The van der Waals surface area contributed by atoms with Gasteiger partial charge < -0.3 is 19.3 Å². The minimum absolute atomic E-state index is 0.0801. The van der Waals surface area contributed by atoms with E-state index < -0.39 is 0 Å². The first-order valence-electron chi connectivity index (χ1n) is 10.5. The number of hydrogen-bond donors (Lipinski definition) is 0. The summed E-state index contributed by atoms with van der Waals surface area (Å²) in [5, 5.41) is 4.30. The van der Waals surface area contributed by atoms with Gasteiger partial charge in [-0.05, 0) is 18.6 Å². The fourth-order valence-corrected chi connectivity index (χ4v) is 4.08. The molecule has 3 aromatic rings. The first-order chi connectivity index (χ1) is 15.4. The van der Waals surface area contributed by atoms with Crippen molar-refractivity contribution in [3.8, 4) is 22.6 Å². The molecule has 168 valence electrons. The van der Waals surface area contributed by atoms with Crippen molar-refractivity contribution in [1.82, 2.24) is 24.6 Å². The summed E-state index contributed by atoms with van der Waals surface area (Å²) in [6.07, 6.45) is 6.42. The van der Waals surface area contributed by atoms with Gasteiger partial charge in [0.25, 0.3) is 5.91 Å². The number of carbonyl (C=O) groups excluding carboxylic acids is 1. The Morgan fingerprint density at radius 2 is 1.88 bits per heavy atom. The van der Waals surface area contributed by atoms with Crippen LogP contribution in [0.5, 0.6) is 11.5 Å². The summed E-state index contributed by atoms with van der Waals surface area (Å²) in [7, 11) is 8.84. The minimum atomic E-state index is -0.105. The maximum Gasteiger partial charge on any atom is 0.261 e. The fraction of sp³-hybridized carbons (Fsp3) is 0.391. The normalized spacial score (nSPS) is 15.7. The minimum Gasteiger partial charge on any atom is -0.496 e. The molecule has 9 nitrogen and oxygen atoms in total. The lowest BCUT2D eigenvalue weighted by molar-refractivity contribution is 0.0783. The van der Waals surface area contributed by atoms with Crippen LogP contribution >= 0.6 is 0 Å². The fourth-order valence-electron chi connectivity index (χ4n) is 4.08. The van der Waals surface area contributed by atoms with Crippen LogP contribution in [0.2, 0.25) is 0 Å². The van der Waals surface area contributed by atoms with E-state index >= 15 is 0 Å². The molecule has 0 radical (unpaired) electrons. The maximum atomic E-state index is 13.4. The van der Waals surface area contributed by atoms with Gasteiger partial charge in [0.15, 0.2) is 0 Å². The second-order valence-electron chi connectivity index (χ2n) is 8.04. The van der Waals surface area contributed by atoms with Gasteiger partial charge in [0.1, 0.15) is 17.1 Å². The van der Waals surface area contributed by atoms with Crippen molar-refractivity contribution in [3.63, 3.8) is 0 Å². The van der Waals surface area contributed by atoms with Gasteiger partial charge in [-0.2, -0.15) is 5.10 Å². The molecule has 1 aromatic carbocycles. The first-order valence-corrected chi connectivity index (χ1v) is 10.5. The number of carbonyl (C=O) groups is 1. The van der Waals surface area contributed by atoms with Crippen molar-refractivity contribution in [3.05, 3.63) is 48.0 Å². The number of aromatic nitrogens is 4. The second kappa shape index (κ2) is 8.86. The molecule has 1 saturated heterocycles. The number of anilines is 1. The molecular formula is C23H28N6O3. The van der Waals surface area contributed by atoms with E-state index in [2.05, 4.69) is 10.1 Å². The van der Waals surface area contributed by atoms with Crippen LogP contribution in [0, 0.1) is 0 Å². The molecule has 3 heterocycles. The van der Waals surface area contributed by atoms with E-state index in [1.54, 1.807) is 31.0 Å². The Hall–Kier alpha value is -3.62. The van der Waals surface area contributed by atoms with Crippen molar-refractivity contribution < 1.29 is 14.3 Å². The molecule has 32 heavy (non-hydrogen) atoms. The molecule has 9 heteroatoms. The standard InChI is InChI=1S/C23H28N6O3/c1-27(2)23-24-12-17(16-11-25-28(3)13-16)21(26-23)15-9-10-29(14-15)22(30)20-18(31-4)7-6-8-19(20)32-5/h6-8,11-13,15H,9-10,14H2,1-5H3/t15-/m0/s1. The number of rotatable bonds is 6. The molecule has 1 atom stereocenters. The van der Waals surface area contributed by atoms with E-state index in [4.69, 9.17) is 14.5 Å². The van der Waals surface area contributed by atoms with Gasteiger partial charge in [-0.25, -0.2) is 9.97 Å². The number of likely N-dealkylation sites (tertiary alicyclic amines) is 1. The largest absolute Gasteiger partial charge is 0.496 e. The van der Waals surface area contributed by atoms with Gasteiger partial charge in [-0.15, -0.1) is 0 Å². The third-order valence-electron chi connectivity index (χ3n) is 5.73. The van der Waals surface area contributed by atoms with Crippen LogP contribution < -0.4 is 14.4 Å². The number of benzene rings is 1. The van der Waals surface area contributed by atoms with Crippen molar-refractivity contribution in [2.24, 2.45) is 7.05 Å². The highest BCUT2D eigenvalue weighted by Gasteiger charge is 2.33. The van der Waals surface area contributed by atoms with Crippen LogP contribution in [0.15, 0.2) is 36.8 Å². The highest BCUT2D eigenvalue weighted by molar-refractivity contribution is 6.00.